The summed E-state index contributed by atoms with van der Waals surface area (Å²) in [5.74, 6) is 2.07. The molecule has 0 unspecified atom stereocenters. The first kappa shape index (κ1) is 47.7. The van der Waals surface area contributed by atoms with Crippen LogP contribution in [0.3, 0.4) is 0 Å². The van der Waals surface area contributed by atoms with Gasteiger partial charge in [0.15, 0.2) is 17.1 Å². The molecule has 0 radical (unpaired) electrons. The van der Waals surface area contributed by atoms with Gasteiger partial charge in [0.1, 0.15) is 17.2 Å². The largest absolute Gasteiger partial charge is 0.498 e. The summed E-state index contributed by atoms with van der Waals surface area (Å²) in [7, 11) is 2.24. The molecular formula is C48H39ClN8O9S2. The predicted octanol–water partition coefficient (Wildman–Crippen LogP) is 9.24. The number of benzene rings is 5. The molecule has 5 aromatic carbocycles. The molecule has 0 saturated carbocycles. The average Bonchev–Trinajstić information content (AvgIpc) is 4.14. The lowest BCUT2D eigenvalue weighted by atomic mass is 10.1. The van der Waals surface area contributed by atoms with Crippen molar-refractivity contribution in [2.75, 3.05) is 44.0 Å². The number of anilines is 2. The van der Waals surface area contributed by atoms with Crippen LogP contribution in [0.1, 0.15) is 11.1 Å². The zero-order valence-electron chi connectivity index (χ0n) is 36.4. The molecule has 2 aliphatic rings. The Hall–Kier alpha value is -8.28. The maximum Gasteiger partial charge on any atom is 0.264 e. The van der Waals surface area contributed by atoms with E-state index in [1.807, 2.05) is 24.4 Å². The number of hydrogen-bond acceptors (Lipinski definition) is 10. The minimum absolute atomic E-state index is 0.0484. The van der Waals surface area contributed by atoms with Crippen molar-refractivity contribution in [2.45, 2.75) is 22.6 Å². The fraction of sp³-hybridized carbons (Fsp3) is 0.146. The van der Waals surface area contributed by atoms with Crippen LogP contribution in [0.4, 0.5) is 28.4 Å². The number of methoxy groups -OCH3 is 3. The topological polar surface area (TPSA) is 206 Å². The Bertz CT molecular complexity index is 3740. The van der Waals surface area contributed by atoms with Crippen LogP contribution >= 0.6 is 10.7 Å². The lowest BCUT2D eigenvalue weighted by Gasteiger charge is -2.21. The summed E-state index contributed by atoms with van der Waals surface area (Å²) in [5, 5.41) is 5.54. The normalized spacial score (nSPS) is 12.3. The van der Waals surface area contributed by atoms with Gasteiger partial charge >= 0.3 is 0 Å². The summed E-state index contributed by atoms with van der Waals surface area (Å²) in [6.45, 7) is 22.3. The maximum absolute atomic E-state index is 13.4. The summed E-state index contributed by atoms with van der Waals surface area (Å²) >= 11 is 0. The minimum Gasteiger partial charge on any atom is -0.498 e. The highest BCUT2D eigenvalue weighted by Crippen LogP contribution is 2.42. The molecule has 10 rings (SSSR count). The number of aromatic nitrogens is 3. The highest BCUT2D eigenvalue weighted by molar-refractivity contribution is 8.14. The second-order valence-corrected chi connectivity index (χ2v) is 19.1. The maximum atomic E-state index is 13.4. The van der Waals surface area contributed by atoms with Crippen molar-refractivity contribution in [3.63, 3.8) is 0 Å². The quantitative estimate of drug-likeness (QED) is 0.0918. The van der Waals surface area contributed by atoms with E-state index in [0.717, 1.165) is 46.6 Å². The van der Waals surface area contributed by atoms with Crippen LogP contribution in [-0.2, 0) is 31.9 Å². The fourth-order valence-electron chi connectivity index (χ4n) is 7.83. The number of aromatic amines is 3. The Balaban J connectivity index is 0.000000143. The number of fused-ring (bicyclic) bond motifs is 5. The molecule has 3 aromatic heterocycles. The molecule has 20 heteroatoms. The first-order valence-corrected chi connectivity index (χ1v) is 24.0. The van der Waals surface area contributed by atoms with Crippen molar-refractivity contribution in [3.8, 4) is 17.2 Å². The molecule has 0 fully saturated rings. The smallest absolute Gasteiger partial charge is 0.264 e. The van der Waals surface area contributed by atoms with Crippen molar-refractivity contribution in [2.24, 2.45) is 0 Å². The SMILES string of the molecule is O=c1[nH]ccc2c(S(=O)(=O)Cl)cccc12.[C-]#[N+]c1cc(OC)c2c(c1)N(S(=O)(=O)c1cccc3c(=O)[nH]ccc13)CC2.[C-]#[N+]c1cc(OC)c2cc[nH]c2c1.[C-]#[N+]c1cc2c(c(OC)c1)CCN2. The number of sulfonamides is 1. The lowest BCUT2D eigenvalue weighted by Crippen LogP contribution is -2.29. The number of rotatable bonds is 6. The average molecular weight is 971 g/mol. The van der Waals surface area contributed by atoms with E-state index in [-0.39, 0.29) is 27.5 Å². The number of halogens is 1. The van der Waals surface area contributed by atoms with Crippen molar-refractivity contribution in [1.82, 2.24) is 15.0 Å². The van der Waals surface area contributed by atoms with Crippen LogP contribution in [0, 0.1) is 19.7 Å². The monoisotopic (exact) mass is 970 g/mol. The number of nitrogens with one attached hydrogen (secondary N) is 4. The highest BCUT2D eigenvalue weighted by atomic mass is 35.7. The van der Waals surface area contributed by atoms with Gasteiger partial charge in [-0.25, -0.2) is 31.4 Å². The number of nitrogens with zero attached hydrogens (tertiary/aromatic N) is 4. The van der Waals surface area contributed by atoms with E-state index in [9.17, 15) is 26.4 Å². The van der Waals surface area contributed by atoms with Gasteiger partial charge in [0.2, 0.25) is 0 Å². The predicted molar refractivity (Wildman–Crippen MR) is 262 cm³/mol. The molecule has 8 aromatic rings. The molecule has 68 heavy (non-hydrogen) atoms. The molecule has 0 atom stereocenters. The second kappa shape index (κ2) is 20.1. The van der Waals surface area contributed by atoms with Gasteiger partial charge < -0.3 is 34.5 Å². The van der Waals surface area contributed by atoms with Gasteiger partial charge in [0.25, 0.3) is 30.2 Å². The van der Waals surface area contributed by atoms with E-state index in [1.54, 1.807) is 62.8 Å². The van der Waals surface area contributed by atoms with Crippen molar-refractivity contribution in [3.05, 3.63) is 176 Å². The van der Waals surface area contributed by atoms with Gasteiger partial charge in [-0.15, -0.1) is 0 Å². The Kier molecular flexibility index (Phi) is 14.1. The third-order valence-electron chi connectivity index (χ3n) is 10.9. The molecule has 0 bridgehead atoms. The third kappa shape index (κ3) is 9.65. The van der Waals surface area contributed by atoms with Crippen LogP contribution in [0.5, 0.6) is 17.2 Å². The Morgan fingerprint density at radius 2 is 1.10 bits per heavy atom. The van der Waals surface area contributed by atoms with Crippen LogP contribution in [0.15, 0.2) is 129 Å². The van der Waals surface area contributed by atoms with E-state index in [0.29, 0.717) is 56.5 Å². The Morgan fingerprint density at radius 3 is 1.69 bits per heavy atom. The number of ether oxygens (including phenoxy) is 3. The summed E-state index contributed by atoms with van der Waals surface area (Å²) in [6, 6.07) is 24.4. The van der Waals surface area contributed by atoms with Crippen molar-refractivity contribution in [1.29, 1.82) is 0 Å². The third-order valence-corrected chi connectivity index (χ3v) is 14.2. The van der Waals surface area contributed by atoms with Gasteiger partial charge in [-0.1, -0.05) is 12.1 Å². The van der Waals surface area contributed by atoms with E-state index >= 15 is 0 Å². The van der Waals surface area contributed by atoms with E-state index in [4.69, 9.17) is 44.6 Å². The molecule has 0 amide bonds. The van der Waals surface area contributed by atoms with Crippen LogP contribution in [0.25, 0.3) is 47.0 Å². The van der Waals surface area contributed by atoms with Crippen molar-refractivity contribution >= 4 is 90.6 Å². The van der Waals surface area contributed by atoms with Gasteiger partial charge in [0.05, 0.1) is 50.8 Å². The first-order valence-electron chi connectivity index (χ1n) is 20.3. The molecule has 0 aliphatic carbocycles. The number of H-pyrrole nitrogens is 3. The van der Waals surface area contributed by atoms with Gasteiger partial charge in [-0.2, -0.15) is 0 Å². The summed E-state index contributed by atoms with van der Waals surface area (Å²) in [4.78, 5) is 41.6. The van der Waals surface area contributed by atoms with Crippen LogP contribution in [-0.4, -0.2) is 66.2 Å². The van der Waals surface area contributed by atoms with Crippen molar-refractivity contribution < 1.29 is 31.0 Å². The standard InChI is InChI=1S/C19H15N3O4S.C10H10N2O.C10H8N2O.C9H6ClNO3S/c1-20-12-10-16-15(17(11-12)26-2)7-9-22(16)27(24,25)18-5-3-4-14-13(18)6-8-21-19(14)23;2*1-11-7-5-9-8(3-4-12-9)10(6-7)13-2;10-15(13,14)8-3-1-2-7-6(8)4-5-11-9(7)12/h3-6,8,10-11H,7,9H2,2H3,(H,21,23);5-6,12H,3-4H2,2H3;3-6,12H,2H3;1-5H,(H,11,12). The lowest BCUT2D eigenvalue weighted by molar-refractivity contribution is 0.411. The molecule has 0 spiro atoms. The van der Waals surface area contributed by atoms with E-state index in [1.165, 1.54) is 53.6 Å². The summed E-state index contributed by atoms with van der Waals surface area (Å²) in [6.07, 6.45) is 6.12. The first-order chi connectivity index (χ1) is 32.7. The zero-order chi connectivity index (χ0) is 48.8. The van der Waals surface area contributed by atoms with Gasteiger partial charge in [-0.05, 0) is 91.7 Å². The molecule has 4 N–H and O–H groups in total. The van der Waals surface area contributed by atoms with E-state index < -0.39 is 19.1 Å². The summed E-state index contributed by atoms with van der Waals surface area (Å²) in [5.41, 5.74) is 5.22. The van der Waals surface area contributed by atoms with Crippen LogP contribution < -0.4 is 35.0 Å². The Morgan fingerprint density at radius 1 is 0.588 bits per heavy atom. The van der Waals surface area contributed by atoms with Gasteiger partial charge in [-0.3, -0.25) is 13.9 Å². The van der Waals surface area contributed by atoms with E-state index in [2.05, 4.69) is 34.8 Å². The Labute approximate surface area is 394 Å². The molecule has 2 aliphatic heterocycles. The molecule has 0 saturated heterocycles. The second-order valence-electron chi connectivity index (χ2n) is 14.7. The minimum atomic E-state index is -3.92. The molecule has 5 heterocycles. The highest BCUT2D eigenvalue weighted by Gasteiger charge is 2.34. The molecule has 17 nitrogen and oxygen atoms in total. The van der Waals surface area contributed by atoms with Crippen LogP contribution in [0.2, 0.25) is 0 Å². The fourth-order valence-corrected chi connectivity index (χ4v) is 10.6. The summed E-state index contributed by atoms with van der Waals surface area (Å²) < 4.78 is 66.3. The zero-order valence-corrected chi connectivity index (χ0v) is 38.8. The molecule has 344 valence electrons. The van der Waals surface area contributed by atoms with Gasteiger partial charge in [0, 0.05) is 97.3 Å². The number of hydrogen-bond donors (Lipinski definition) is 4. The number of pyridine rings is 2. The molecular weight excluding hydrogens is 932 g/mol.